The van der Waals surface area contributed by atoms with Crippen molar-refractivity contribution in [2.45, 2.75) is 0 Å². The van der Waals surface area contributed by atoms with E-state index in [1.807, 2.05) is 12.3 Å². The van der Waals surface area contributed by atoms with Crippen LogP contribution in [0.25, 0.3) is 16.6 Å². The highest BCUT2D eigenvalue weighted by molar-refractivity contribution is 5.79. The summed E-state index contributed by atoms with van der Waals surface area (Å²) < 4.78 is 1.80. The molecule has 0 spiro atoms. The number of aromatic hydroxyl groups is 1. The summed E-state index contributed by atoms with van der Waals surface area (Å²) in [5, 5.41) is 9.31. The maximum atomic E-state index is 11.6. The number of phenols is 1. The fourth-order valence-corrected chi connectivity index (χ4v) is 1.80. The van der Waals surface area contributed by atoms with E-state index >= 15 is 0 Å². The highest BCUT2D eigenvalue weighted by atomic mass is 16.3. The molecule has 15 heavy (non-hydrogen) atoms. The molecule has 4 nitrogen and oxygen atoms in total. The summed E-state index contributed by atoms with van der Waals surface area (Å²) in [6.07, 6.45) is 1.82. The number of phenolic OH excluding ortho intramolecular Hbond substituents is 1. The molecule has 1 aromatic carbocycles. The summed E-state index contributed by atoms with van der Waals surface area (Å²) in [4.78, 5) is 14.3. The van der Waals surface area contributed by atoms with E-state index in [0.717, 1.165) is 5.52 Å². The summed E-state index contributed by atoms with van der Waals surface area (Å²) in [5.41, 5.74) is 1.95. The van der Waals surface area contributed by atoms with Gasteiger partial charge in [-0.15, -0.1) is 0 Å². The molecule has 0 unspecified atom stereocenters. The van der Waals surface area contributed by atoms with Gasteiger partial charge in [-0.2, -0.15) is 0 Å². The number of aromatic nitrogens is 2. The van der Waals surface area contributed by atoms with Crippen LogP contribution in [0.4, 0.5) is 0 Å². The third-order valence-electron chi connectivity index (χ3n) is 2.47. The SMILES string of the molecule is O=c1[nH]c2cc(O)ccc2n2cccc12. The van der Waals surface area contributed by atoms with Crippen molar-refractivity contribution in [2.24, 2.45) is 0 Å². The standard InChI is InChI=1S/C11H8N2O2/c14-7-3-4-9-8(6-7)12-11(15)10-2-1-5-13(9)10/h1-6,14H,(H,12,15). The van der Waals surface area contributed by atoms with Crippen LogP contribution in [0.3, 0.4) is 0 Å². The molecule has 3 rings (SSSR count). The van der Waals surface area contributed by atoms with Crippen LogP contribution in [0, 0.1) is 0 Å². The van der Waals surface area contributed by atoms with Crippen molar-refractivity contribution in [3.8, 4) is 5.75 Å². The monoisotopic (exact) mass is 200 g/mol. The van der Waals surface area contributed by atoms with Crippen molar-refractivity contribution in [3.63, 3.8) is 0 Å². The Kier molecular flexibility index (Phi) is 1.42. The van der Waals surface area contributed by atoms with E-state index in [2.05, 4.69) is 4.98 Å². The minimum atomic E-state index is -0.155. The van der Waals surface area contributed by atoms with Crippen LogP contribution < -0.4 is 5.56 Å². The lowest BCUT2D eigenvalue weighted by molar-refractivity contribution is 0.476. The van der Waals surface area contributed by atoms with Gasteiger partial charge in [-0.1, -0.05) is 0 Å². The van der Waals surface area contributed by atoms with Crippen LogP contribution in [-0.2, 0) is 0 Å². The molecule has 0 bridgehead atoms. The quantitative estimate of drug-likeness (QED) is 0.577. The Morgan fingerprint density at radius 2 is 2.07 bits per heavy atom. The van der Waals surface area contributed by atoms with Gasteiger partial charge in [0.1, 0.15) is 11.3 Å². The number of hydrogen-bond donors (Lipinski definition) is 2. The van der Waals surface area contributed by atoms with E-state index < -0.39 is 0 Å². The van der Waals surface area contributed by atoms with Crippen molar-refractivity contribution >= 4 is 16.6 Å². The molecular weight excluding hydrogens is 192 g/mol. The Labute approximate surface area is 84.4 Å². The van der Waals surface area contributed by atoms with Crippen LogP contribution >= 0.6 is 0 Å². The number of aromatic amines is 1. The highest BCUT2D eigenvalue weighted by Crippen LogP contribution is 2.17. The first-order chi connectivity index (χ1) is 7.25. The van der Waals surface area contributed by atoms with Crippen molar-refractivity contribution < 1.29 is 5.11 Å². The minimum Gasteiger partial charge on any atom is -0.508 e. The second-order valence-corrected chi connectivity index (χ2v) is 3.42. The van der Waals surface area contributed by atoms with E-state index in [1.54, 1.807) is 22.6 Å². The van der Waals surface area contributed by atoms with Crippen molar-refractivity contribution in [1.29, 1.82) is 0 Å². The molecule has 0 amide bonds. The van der Waals surface area contributed by atoms with Crippen LogP contribution in [-0.4, -0.2) is 14.5 Å². The Balaban J connectivity index is 2.66. The number of hydrogen-bond acceptors (Lipinski definition) is 2. The van der Waals surface area contributed by atoms with Crippen LogP contribution in [0.2, 0.25) is 0 Å². The predicted molar refractivity (Wildman–Crippen MR) is 57.2 cm³/mol. The third-order valence-corrected chi connectivity index (χ3v) is 2.47. The Hall–Kier alpha value is -2.23. The average molecular weight is 200 g/mol. The van der Waals surface area contributed by atoms with Gasteiger partial charge in [-0.3, -0.25) is 4.79 Å². The fraction of sp³-hybridized carbons (Fsp3) is 0. The highest BCUT2D eigenvalue weighted by Gasteiger charge is 2.03. The van der Waals surface area contributed by atoms with Crippen LogP contribution in [0.15, 0.2) is 41.3 Å². The minimum absolute atomic E-state index is 0.143. The number of nitrogens with zero attached hydrogens (tertiary/aromatic N) is 1. The number of nitrogens with one attached hydrogen (secondary N) is 1. The van der Waals surface area contributed by atoms with Gasteiger partial charge in [0.05, 0.1) is 11.0 Å². The summed E-state index contributed by atoms with van der Waals surface area (Å²) in [6, 6.07) is 8.48. The molecule has 2 N–H and O–H groups in total. The maximum Gasteiger partial charge on any atom is 0.272 e. The van der Waals surface area contributed by atoms with E-state index in [1.165, 1.54) is 6.07 Å². The Bertz CT molecular complexity index is 709. The smallest absolute Gasteiger partial charge is 0.272 e. The third kappa shape index (κ3) is 1.05. The number of benzene rings is 1. The van der Waals surface area contributed by atoms with Crippen LogP contribution in [0.5, 0.6) is 5.75 Å². The van der Waals surface area contributed by atoms with Gasteiger partial charge in [0.15, 0.2) is 0 Å². The Morgan fingerprint density at radius 3 is 2.93 bits per heavy atom. The molecule has 4 heteroatoms. The molecule has 0 aliphatic carbocycles. The van der Waals surface area contributed by atoms with Gasteiger partial charge in [-0.25, -0.2) is 0 Å². The molecule has 74 valence electrons. The molecule has 2 heterocycles. The maximum absolute atomic E-state index is 11.6. The molecular formula is C11H8N2O2. The zero-order chi connectivity index (χ0) is 10.4. The molecule has 0 atom stereocenters. The van der Waals surface area contributed by atoms with Crippen molar-refractivity contribution in [2.75, 3.05) is 0 Å². The average Bonchev–Trinajstić information content (AvgIpc) is 2.66. The van der Waals surface area contributed by atoms with Gasteiger partial charge in [0, 0.05) is 12.3 Å². The van der Waals surface area contributed by atoms with Crippen molar-refractivity contribution in [1.82, 2.24) is 9.38 Å². The molecule has 0 aliphatic heterocycles. The summed E-state index contributed by atoms with van der Waals surface area (Å²) in [5.74, 6) is 0.143. The Morgan fingerprint density at radius 1 is 1.20 bits per heavy atom. The lowest BCUT2D eigenvalue weighted by Gasteiger charge is -2.02. The van der Waals surface area contributed by atoms with Gasteiger partial charge in [0.2, 0.25) is 0 Å². The zero-order valence-electron chi connectivity index (χ0n) is 7.77. The van der Waals surface area contributed by atoms with Crippen LogP contribution in [0.1, 0.15) is 0 Å². The fourth-order valence-electron chi connectivity index (χ4n) is 1.80. The number of fused-ring (bicyclic) bond motifs is 3. The topological polar surface area (TPSA) is 57.5 Å². The first kappa shape index (κ1) is 8.11. The van der Waals surface area contributed by atoms with Gasteiger partial charge in [0.25, 0.3) is 5.56 Å². The normalized spacial score (nSPS) is 11.2. The molecule has 0 saturated heterocycles. The van der Waals surface area contributed by atoms with E-state index in [-0.39, 0.29) is 11.3 Å². The number of rotatable bonds is 0. The zero-order valence-corrected chi connectivity index (χ0v) is 7.77. The predicted octanol–water partition coefficient (Wildman–Crippen LogP) is 1.49. The molecule has 0 fully saturated rings. The molecule has 2 aromatic heterocycles. The summed E-state index contributed by atoms with van der Waals surface area (Å²) in [6.45, 7) is 0. The van der Waals surface area contributed by atoms with E-state index in [4.69, 9.17) is 0 Å². The van der Waals surface area contributed by atoms with E-state index in [0.29, 0.717) is 11.0 Å². The van der Waals surface area contributed by atoms with Gasteiger partial charge < -0.3 is 14.5 Å². The molecule has 3 aromatic rings. The lowest BCUT2D eigenvalue weighted by Crippen LogP contribution is -2.09. The molecule has 0 aliphatic rings. The van der Waals surface area contributed by atoms with Crippen molar-refractivity contribution in [3.05, 3.63) is 46.9 Å². The summed E-state index contributed by atoms with van der Waals surface area (Å²) in [7, 11) is 0. The first-order valence-corrected chi connectivity index (χ1v) is 4.58. The number of H-pyrrole nitrogens is 1. The van der Waals surface area contributed by atoms with E-state index in [9.17, 15) is 9.90 Å². The largest absolute Gasteiger partial charge is 0.508 e. The van der Waals surface area contributed by atoms with Gasteiger partial charge in [-0.05, 0) is 24.3 Å². The second kappa shape index (κ2) is 2.63. The lowest BCUT2D eigenvalue weighted by atomic mass is 10.3. The molecule has 0 radical (unpaired) electrons. The first-order valence-electron chi connectivity index (χ1n) is 4.58. The van der Waals surface area contributed by atoms with Gasteiger partial charge >= 0.3 is 0 Å². The second-order valence-electron chi connectivity index (χ2n) is 3.42. The molecule has 0 saturated carbocycles. The summed E-state index contributed by atoms with van der Waals surface area (Å²) >= 11 is 0.